The Balaban J connectivity index is 2.41. The van der Waals surface area contributed by atoms with Crippen LogP contribution < -0.4 is 0 Å². The maximum absolute atomic E-state index is 12.6. The number of cyclic esters (lactones) is 1. The topological polar surface area (TPSA) is 26.3 Å². The lowest BCUT2D eigenvalue weighted by Crippen LogP contribution is -2.30. The highest BCUT2D eigenvalue weighted by atomic mass is 35.5. The van der Waals surface area contributed by atoms with Crippen LogP contribution >= 0.6 is 11.6 Å². The molecule has 2 rings (SSSR count). The first-order chi connectivity index (χ1) is 8.79. The SMILES string of the molecule is C[C@H]1C(=O)OC(C(F)(F)F)=C[C@@H]1c1ccc(Cl)cc1. The van der Waals surface area contributed by atoms with Crippen LogP contribution in [0.2, 0.25) is 5.02 Å². The molecule has 0 bridgehead atoms. The number of benzene rings is 1. The molecule has 0 N–H and O–H groups in total. The van der Waals surface area contributed by atoms with Gasteiger partial charge >= 0.3 is 12.1 Å². The van der Waals surface area contributed by atoms with Gasteiger partial charge in [-0.2, -0.15) is 13.2 Å². The van der Waals surface area contributed by atoms with Gasteiger partial charge in [0.1, 0.15) is 0 Å². The summed E-state index contributed by atoms with van der Waals surface area (Å²) in [6.45, 7) is 1.53. The molecule has 0 saturated heterocycles. The molecule has 0 fully saturated rings. The van der Waals surface area contributed by atoms with Gasteiger partial charge in [0.05, 0.1) is 5.92 Å². The number of carbonyl (C=O) groups excluding carboxylic acids is 1. The van der Waals surface area contributed by atoms with Crippen molar-refractivity contribution in [1.29, 1.82) is 0 Å². The third kappa shape index (κ3) is 2.92. The normalized spacial score (nSPS) is 23.8. The average Bonchev–Trinajstić information content (AvgIpc) is 2.32. The van der Waals surface area contributed by atoms with Gasteiger partial charge in [0.15, 0.2) is 0 Å². The zero-order valence-corrected chi connectivity index (χ0v) is 10.6. The minimum atomic E-state index is -4.67. The Labute approximate surface area is 112 Å². The standard InChI is InChI=1S/C13H10ClF3O2/c1-7-10(8-2-4-9(14)5-3-8)6-11(13(15,16)17)19-12(7)18/h2-7,10H,1H3/t7-,10+/m1/s1. The molecule has 0 spiro atoms. The summed E-state index contributed by atoms with van der Waals surface area (Å²) >= 11 is 5.73. The van der Waals surface area contributed by atoms with E-state index < -0.39 is 29.7 Å². The van der Waals surface area contributed by atoms with E-state index in [2.05, 4.69) is 4.74 Å². The highest BCUT2D eigenvalue weighted by molar-refractivity contribution is 6.30. The second-order valence-electron chi connectivity index (χ2n) is 4.32. The Bertz CT molecular complexity index is 520. The van der Waals surface area contributed by atoms with Crippen LogP contribution in [0, 0.1) is 5.92 Å². The minimum absolute atomic E-state index is 0.481. The van der Waals surface area contributed by atoms with E-state index in [9.17, 15) is 18.0 Å². The Morgan fingerprint density at radius 1 is 1.21 bits per heavy atom. The number of allylic oxidation sites excluding steroid dienone is 2. The highest BCUT2D eigenvalue weighted by Crippen LogP contribution is 2.38. The lowest BCUT2D eigenvalue weighted by molar-refractivity contribution is -0.167. The summed E-state index contributed by atoms with van der Waals surface area (Å²) in [7, 11) is 0. The summed E-state index contributed by atoms with van der Waals surface area (Å²) in [4.78, 5) is 11.5. The Morgan fingerprint density at radius 3 is 2.32 bits per heavy atom. The lowest BCUT2D eigenvalue weighted by atomic mass is 9.85. The largest absolute Gasteiger partial charge is 0.449 e. The molecule has 6 heteroatoms. The molecule has 1 aromatic carbocycles. The monoisotopic (exact) mass is 290 g/mol. The molecule has 2 nitrogen and oxygen atoms in total. The number of carbonyl (C=O) groups is 1. The molecular formula is C13H10ClF3O2. The molecule has 0 aliphatic carbocycles. The second kappa shape index (κ2) is 4.89. The Kier molecular flexibility index (Phi) is 3.58. The van der Waals surface area contributed by atoms with Crippen molar-refractivity contribution < 1.29 is 22.7 Å². The maximum atomic E-state index is 12.6. The van der Waals surface area contributed by atoms with E-state index in [1.807, 2.05) is 0 Å². The molecule has 1 heterocycles. The quantitative estimate of drug-likeness (QED) is 0.729. The van der Waals surface area contributed by atoms with Gasteiger partial charge in [0.25, 0.3) is 0 Å². The van der Waals surface area contributed by atoms with Crippen LogP contribution in [0.15, 0.2) is 36.1 Å². The van der Waals surface area contributed by atoms with Crippen LogP contribution in [0.25, 0.3) is 0 Å². The minimum Gasteiger partial charge on any atom is -0.421 e. The fraction of sp³-hybridized carbons (Fsp3) is 0.308. The lowest BCUT2D eigenvalue weighted by Gasteiger charge is -2.27. The zero-order valence-electron chi connectivity index (χ0n) is 9.87. The maximum Gasteiger partial charge on any atom is 0.449 e. The van der Waals surface area contributed by atoms with E-state index in [1.165, 1.54) is 6.92 Å². The van der Waals surface area contributed by atoms with Crippen molar-refractivity contribution in [2.75, 3.05) is 0 Å². The van der Waals surface area contributed by atoms with Gasteiger partial charge in [-0.15, -0.1) is 0 Å². The summed E-state index contributed by atoms with van der Waals surface area (Å²) in [5.74, 6) is -3.48. The average molecular weight is 291 g/mol. The van der Waals surface area contributed by atoms with Gasteiger partial charge in [-0.05, 0) is 23.8 Å². The number of rotatable bonds is 1. The van der Waals surface area contributed by atoms with Gasteiger partial charge in [0.2, 0.25) is 5.76 Å². The summed E-state index contributed by atoms with van der Waals surface area (Å²) in [5.41, 5.74) is 0.593. The van der Waals surface area contributed by atoms with Crippen molar-refractivity contribution in [2.45, 2.75) is 19.0 Å². The summed E-state index contributed by atoms with van der Waals surface area (Å²) in [6, 6.07) is 6.36. The van der Waals surface area contributed by atoms with Crippen LogP contribution in [0.3, 0.4) is 0 Å². The fourth-order valence-corrected chi connectivity index (χ4v) is 2.04. The highest BCUT2D eigenvalue weighted by Gasteiger charge is 2.43. The molecule has 1 aliphatic rings. The third-order valence-electron chi connectivity index (χ3n) is 2.99. The van der Waals surface area contributed by atoms with Crippen LogP contribution in [-0.4, -0.2) is 12.1 Å². The summed E-state index contributed by atoms with van der Waals surface area (Å²) in [5, 5.41) is 0.481. The van der Waals surface area contributed by atoms with Crippen molar-refractivity contribution in [3.05, 3.63) is 46.7 Å². The molecule has 0 radical (unpaired) electrons. The van der Waals surface area contributed by atoms with Crippen molar-refractivity contribution in [3.63, 3.8) is 0 Å². The van der Waals surface area contributed by atoms with Gasteiger partial charge < -0.3 is 4.74 Å². The molecule has 0 aromatic heterocycles. The van der Waals surface area contributed by atoms with Crippen molar-refractivity contribution in [2.24, 2.45) is 5.92 Å². The number of ether oxygens (including phenoxy) is 1. The Hall–Kier alpha value is -1.49. The van der Waals surface area contributed by atoms with Crippen molar-refractivity contribution in [3.8, 4) is 0 Å². The first kappa shape index (κ1) is 13.9. The molecule has 0 unspecified atom stereocenters. The number of esters is 1. The Morgan fingerprint density at radius 2 is 1.79 bits per heavy atom. The molecule has 19 heavy (non-hydrogen) atoms. The number of alkyl halides is 3. The van der Waals surface area contributed by atoms with E-state index in [-0.39, 0.29) is 0 Å². The number of hydrogen-bond donors (Lipinski definition) is 0. The van der Waals surface area contributed by atoms with E-state index >= 15 is 0 Å². The zero-order chi connectivity index (χ0) is 14.2. The third-order valence-corrected chi connectivity index (χ3v) is 3.24. The van der Waals surface area contributed by atoms with Gasteiger partial charge in [-0.3, -0.25) is 4.79 Å². The van der Waals surface area contributed by atoms with Crippen LogP contribution in [0.5, 0.6) is 0 Å². The second-order valence-corrected chi connectivity index (χ2v) is 4.75. The van der Waals surface area contributed by atoms with Crippen LogP contribution in [0.1, 0.15) is 18.4 Å². The number of halogens is 4. The van der Waals surface area contributed by atoms with Gasteiger partial charge in [-0.25, -0.2) is 0 Å². The first-order valence-electron chi connectivity index (χ1n) is 5.55. The predicted molar refractivity (Wildman–Crippen MR) is 63.6 cm³/mol. The van der Waals surface area contributed by atoms with Crippen molar-refractivity contribution in [1.82, 2.24) is 0 Å². The van der Waals surface area contributed by atoms with Crippen LogP contribution in [-0.2, 0) is 9.53 Å². The summed E-state index contributed by atoms with van der Waals surface area (Å²) in [6.07, 6.45) is -3.73. The first-order valence-corrected chi connectivity index (χ1v) is 5.93. The summed E-state index contributed by atoms with van der Waals surface area (Å²) < 4.78 is 42.2. The molecule has 1 aromatic rings. The molecule has 2 atom stereocenters. The smallest absolute Gasteiger partial charge is 0.421 e. The predicted octanol–water partition coefficient (Wildman–Crippen LogP) is 4.06. The van der Waals surface area contributed by atoms with Gasteiger partial charge in [0, 0.05) is 10.9 Å². The van der Waals surface area contributed by atoms with Crippen LogP contribution in [0.4, 0.5) is 13.2 Å². The number of hydrogen-bond acceptors (Lipinski definition) is 2. The van der Waals surface area contributed by atoms with Gasteiger partial charge in [-0.1, -0.05) is 30.7 Å². The molecule has 102 valence electrons. The molecule has 0 saturated carbocycles. The molecule has 0 amide bonds. The van der Waals surface area contributed by atoms with E-state index in [4.69, 9.17) is 11.6 Å². The fourth-order valence-electron chi connectivity index (χ4n) is 1.91. The molecule has 1 aliphatic heterocycles. The van der Waals surface area contributed by atoms with Crippen molar-refractivity contribution >= 4 is 17.6 Å². The van der Waals surface area contributed by atoms with E-state index in [1.54, 1.807) is 24.3 Å². The molecular weight excluding hydrogens is 281 g/mol. The van der Waals surface area contributed by atoms with E-state index in [0.717, 1.165) is 6.08 Å². The van der Waals surface area contributed by atoms with E-state index in [0.29, 0.717) is 10.6 Å².